The van der Waals surface area contributed by atoms with E-state index in [1.165, 1.54) is 6.20 Å². The summed E-state index contributed by atoms with van der Waals surface area (Å²) in [6.07, 6.45) is 6.50. The molecule has 78 valence electrons. The van der Waals surface area contributed by atoms with E-state index >= 15 is 0 Å². The van der Waals surface area contributed by atoms with Crippen molar-refractivity contribution in [3.05, 3.63) is 30.0 Å². The Morgan fingerprint density at radius 2 is 2.47 bits per heavy atom. The van der Waals surface area contributed by atoms with Crippen LogP contribution in [0.25, 0.3) is 0 Å². The van der Waals surface area contributed by atoms with Gasteiger partial charge >= 0.3 is 0 Å². The van der Waals surface area contributed by atoms with Gasteiger partial charge in [-0.15, -0.1) is 0 Å². The van der Waals surface area contributed by atoms with Gasteiger partial charge in [-0.1, -0.05) is 12.2 Å². The van der Waals surface area contributed by atoms with Crippen LogP contribution in [-0.4, -0.2) is 11.5 Å². The summed E-state index contributed by atoms with van der Waals surface area (Å²) < 4.78 is 0. The molecule has 0 aliphatic carbocycles. The van der Waals surface area contributed by atoms with Gasteiger partial charge in [-0.05, 0) is 19.4 Å². The molecule has 1 aromatic rings. The molecular weight excluding hydrogens is 188 g/mol. The molecule has 4 nitrogen and oxygen atoms in total. The quantitative estimate of drug-likeness (QED) is 0.577. The van der Waals surface area contributed by atoms with Crippen LogP contribution in [0.1, 0.15) is 18.9 Å². The third kappa shape index (κ3) is 3.31. The monoisotopic (exact) mass is 202 g/mol. The number of nitriles is 1. The van der Waals surface area contributed by atoms with Crippen molar-refractivity contribution in [2.75, 3.05) is 17.6 Å². The number of hydrogen-bond acceptors (Lipinski definition) is 4. The second-order valence-corrected chi connectivity index (χ2v) is 3.06. The van der Waals surface area contributed by atoms with E-state index in [9.17, 15) is 0 Å². The molecule has 0 aromatic carbocycles. The lowest BCUT2D eigenvalue weighted by molar-refractivity contribution is 1.05. The van der Waals surface area contributed by atoms with E-state index < -0.39 is 0 Å². The number of anilines is 2. The highest BCUT2D eigenvalue weighted by Gasteiger charge is 2.00. The molecule has 0 aliphatic rings. The molecule has 3 N–H and O–H groups in total. The molecule has 15 heavy (non-hydrogen) atoms. The largest absolute Gasteiger partial charge is 0.396 e. The Labute approximate surface area is 89.4 Å². The highest BCUT2D eigenvalue weighted by molar-refractivity contribution is 5.62. The number of nitrogens with zero attached hydrogens (tertiary/aromatic N) is 2. The first kappa shape index (κ1) is 11.1. The fraction of sp³-hybridized carbons (Fsp3) is 0.273. The van der Waals surface area contributed by atoms with Gasteiger partial charge in [-0.3, -0.25) is 0 Å². The van der Waals surface area contributed by atoms with Crippen molar-refractivity contribution >= 4 is 11.5 Å². The first-order valence-corrected chi connectivity index (χ1v) is 4.78. The van der Waals surface area contributed by atoms with Crippen LogP contribution >= 0.6 is 0 Å². The zero-order valence-electron chi connectivity index (χ0n) is 8.70. The summed E-state index contributed by atoms with van der Waals surface area (Å²) in [4.78, 5) is 4.06. The Balaban J connectivity index is 2.59. The van der Waals surface area contributed by atoms with E-state index in [1.807, 2.05) is 19.1 Å². The zero-order valence-corrected chi connectivity index (χ0v) is 8.70. The lowest BCUT2D eigenvalue weighted by Gasteiger charge is -2.06. The van der Waals surface area contributed by atoms with Gasteiger partial charge in [0.15, 0.2) is 0 Å². The molecule has 0 saturated heterocycles. The minimum Gasteiger partial charge on any atom is -0.396 e. The molecule has 1 heterocycles. The van der Waals surface area contributed by atoms with Crippen LogP contribution in [0.3, 0.4) is 0 Å². The van der Waals surface area contributed by atoms with Gasteiger partial charge in [0.05, 0.1) is 11.3 Å². The lowest BCUT2D eigenvalue weighted by Crippen LogP contribution is -2.05. The molecule has 4 heteroatoms. The normalized spacial score (nSPS) is 10.1. The zero-order chi connectivity index (χ0) is 11.1. The van der Waals surface area contributed by atoms with E-state index in [4.69, 9.17) is 11.0 Å². The van der Waals surface area contributed by atoms with Crippen LogP contribution in [0.4, 0.5) is 11.5 Å². The van der Waals surface area contributed by atoms with Crippen LogP contribution in [-0.2, 0) is 0 Å². The highest BCUT2D eigenvalue weighted by Crippen LogP contribution is 2.15. The number of aromatic nitrogens is 1. The van der Waals surface area contributed by atoms with Crippen molar-refractivity contribution in [2.45, 2.75) is 13.3 Å². The Morgan fingerprint density at radius 1 is 1.67 bits per heavy atom. The van der Waals surface area contributed by atoms with Crippen molar-refractivity contribution in [1.82, 2.24) is 4.98 Å². The van der Waals surface area contributed by atoms with E-state index in [2.05, 4.69) is 16.4 Å². The Morgan fingerprint density at radius 3 is 3.07 bits per heavy atom. The molecular formula is C11H14N4. The minimum absolute atomic E-state index is 0.478. The highest BCUT2D eigenvalue weighted by atomic mass is 15.0. The van der Waals surface area contributed by atoms with Gasteiger partial charge in [-0.2, -0.15) is 5.26 Å². The topological polar surface area (TPSA) is 74.7 Å². The van der Waals surface area contributed by atoms with E-state index in [-0.39, 0.29) is 0 Å². The molecule has 0 aliphatic heterocycles. The summed E-state index contributed by atoms with van der Waals surface area (Å²) >= 11 is 0. The average molecular weight is 202 g/mol. The number of pyridine rings is 1. The maximum atomic E-state index is 8.62. The SMILES string of the molecule is C/C=C/CCNc1ncc(C#N)cc1N. The summed E-state index contributed by atoms with van der Waals surface area (Å²) in [5.74, 6) is 0.638. The fourth-order valence-corrected chi connectivity index (χ4v) is 1.13. The fourth-order valence-electron chi connectivity index (χ4n) is 1.13. The van der Waals surface area contributed by atoms with Crippen LogP contribution in [0.15, 0.2) is 24.4 Å². The number of allylic oxidation sites excluding steroid dienone is 1. The second kappa shape index (κ2) is 5.66. The first-order chi connectivity index (χ1) is 7.27. The summed E-state index contributed by atoms with van der Waals surface area (Å²) in [5.41, 5.74) is 6.70. The predicted molar refractivity (Wildman–Crippen MR) is 61.3 cm³/mol. The molecule has 1 rings (SSSR count). The molecule has 0 amide bonds. The van der Waals surface area contributed by atoms with Gasteiger partial charge in [0.25, 0.3) is 0 Å². The van der Waals surface area contributed by atoms with Gasteiger partial charge in [0, 0.05) is 12.7 Å². The summed E-state index contributed by atoms with van der Waals surface area (Å²) in [7, 11) is 0. The van der Waals surface area contributed by atoms with Gasteiger partial charge in [-0.25, -0.2) is 4.98 Å². The summed E-state index contributed by atoms with van der Waals surface area (Å²) in [5, 5.41) is 11.7. The first-order valence-electron chi connectivity index (χ1n) is 4.78. The van der Waals surface area contributed by atoms with Gasteiger partial charge < -0.3 is 11.1 Å². The van der Waals surface area contributed by atoms with E-state index in [0.29, 0.717) is 17.1 Å². The lowest BCUT2D eigenvalue weighted by atomic mass is 10.2. The van der Waals surface area contributed by atoms with Crippen molar-refractivity contribution in [3.63, 3.8) is 0 Å². The number of nitrogens with two attached hydrogens (primary N) is 1. The molecule has 0 fully saturated rings. The number of hydrogen-bond donors (Lipinski definition) is 2. The number of nitrogens with one attached hydrogen (secondary N) is 1. The summed E-state index contributed by atoms with van der Waals surface area (Å²) in [6, 6.07) is 3.61. The van der Waals surface area contributed by atoms with Crippen molar-refractivity contribution in [3.8, 4) is 6.07 Å². The molecule has 0 radical (unpaired) electrons. The Kier molecular flexibility index (Phi) is 4.17. The molecule has 0 saturated carbocycles. The maximum absolute atomic E-state index is 8.62. The molecule has 0 atom stereocenters. The van der Waals surface area contributed by atoms with Gasteiger partial charge in [0.1, 0.15) is 11.9 Å². The Bertz CT molecular complexity index is 390. The summed E-state index contributed by atoms with van der Waals surface area (Å²) in [6.45, 7) is 2.77. The minimum atomic E-state index is 0.478. The third-order valence-corrected chi connectivity index (χ3v) is 1.89. The number of nitrogen functional groups attached to an aromatic ring is 1. The van der Waals surface area contributed by atoms with Crippen LogP contribution < -0.4 is 11.1 Å². The molecule has 0 bridgehead atoms. The standard InChI is InChI=1S/C11H14N4/c1-2-3-4-5-14-11-10(13)6-9(7-12)8-15-11/h2-3,6,8H,4-5,13H2,1H3,(H,14,15)/b3-2+. The molecule has 1 aromatic heterocycles. The van der Waals surface area contributed by atoms with E-state index in [0.717, 1.165) is 13.0 Å². The molecule has 0 spiro atoms. The van der Waals surface area contributed by atoms with Crippen LogP contribution in [0, 0.1) is 11.3 Å². The molecule has 0 unspecified atom stereocenters. The smallest absolute Gasteiger partial charge is 0.149 e. The Hall–Kier alpha value is -2.02. The predicted octanol–water partition coefficient (Wildman–Crippen LogP) is 1.91. The third-order valence-electron chi connectivity index (χ3n) is 1.89. The van der Waals surface area contributed by atoms with Crippen LogP contribution in [0.2, 0.25) is 0 Å². The van der Waals surface area contributed by atoms with Gasteiger partial charge in [0.2, 0.25) is 0 Å². The van der Waals surface area contributed by atoms with Crippen LogP contribution in [0.5, 0.6) is 0 Å². The number of rotatable bonds is 4. The van der Waals surface area contributed by atoms with Crippen molar-refractivity contribution in [2.24, 2.45) is 0 Å². The van der Waals surface area contributed by atoms with E-state index in [1.54, 1.807) is 6.07 Å². The van der Waals surface area contributed by atoms with Crippen molar-refractivity contribution in [1.29, 1.82) is 5.26 Å². The maximum Gasteiger partial charge on any atom is 0.149 e. The average Bonchev–Trinajstić information content (AvgIpc) is 2.26. The van der Waals surface area contributed by atoms with Crippen molar-refractivity contribution < 1.29 is 0 Å². The second-order valence-electron chi connectivity index (χ2n) is 3.06.